The van der Waals surface area contributed by atoms with Gasteiger partial charge in [-0.05, 0) is 37.9 Å². The molecule has 0 saturated carbocycles. The van der Waals surface area contributed by atoms with Gasteiger partial charge in [0.15, 0.2) is 0 Å². The highest BCUT2D eigenvalue weighted by Gasteiger charge is 2.25. The van der Waals surface area contributed by atoms with Gasteiger partial charge >= 0.3 is 0 Å². The first-order chi connectivity index (χ1) is 7.27. The first-order valence-corrected chi connectivity index (χ1v) is 6.03. The van der Waals surface area contributed by atoms with Crippen molar-refractivity contribution in [2.24, 2.45) is 11.8 Å². The van der Waals surface area contributed by atoms with Crippen LogP contribution in [0.15, 0.2) is 24.1 Å². The Balaban J connectivity index is 1.92. The van der Waals surface area contributed by atoms with Gasteiger partial charge in [-0.1, -0.05) is 25.5 Å². The summed E-state index contributed by atoms with van der Waals surface area (Å²) in [5, 5.41) is 0. The molecule has 1 heterocycles. The second-order valence-electron chi connectivity index (χ2n) is 4.76. The number of likely N-dealkylation sites (tertiary alicyclic amines) is 1. The van der Waals surface area contributed by atoms with Crippen molar-refractivity contribution < 1.29 is 4.39 Å². The summed E-state index contributed by atoms with van der Waals surface area (Å²) in [6.45, 7) is 5.31. The molecule has 2 aliphatic rings. The average Bonchev–Trinajstić information content (AvgIpc) is 2.25. The summed E-state index contributed by atoms with van der Waals surface area (Å²) in [4.78, 5) is 2.41. The Hall–Kier alpha value is -0.630. The lowest BCUT2D eigenvalue weighted by molar-refractivity contribution is 0.181. The van der Waals surface area contributed by atoms with Gasteiger partial charge in [0.05, 0.1) is 0 Å². The normalized spacial score (nSPS) is 32.8. The third-order valence-electron chi connectivity index (χ3n) is 3.56. The zero-order chi connectivity index (χ0) is 10.7. The van der Waals surface area contributed by atoms with Crippen LogP contribution < -0.4 is 0 Å². The number of hydrogen-bond acceptors (Lipinski definition) is 1. The molecule has 1 saturated heterocycles. The van der Waals surface area contributed by atoms with Crippen LogP contribution in [-0.2, 0) is 0 Å². The number of rotatable bonds is 2. The van der Waals surface area contributed by atoms with Gasteiger partial charge in [0, 0.05) is 12.5 Å². The Morgan fingerprint density at radius 3 is 2.73 bits per heavy atom. The first-order valence-electron chi connectivity index (χ1n) is 6.03. The molecule has 0 spiro atoms. The maximum Gasteiger partial charge on any atom is 0.105 e. The van der Waals surface area contributed by atoms with Crippen LogP contribution in [0.5, 0.6) is 0 Å². The summed E-state index contributed by atoms with van der Waals surface area (Å²) in [6.07, 6.45) is 9.47. The second kappa shape index (κ2) is 4.93. The highest BCUT2D eigenvalue weighted by atomic mass is 19.1. The van der Waals surface area contributed by atoms with Crippen LogP contribution in [0.1, 0.15) is 26.2 Å². The highest BCUT2D eigenvalue weighted by molar-refractivity contribution is 5.18. The predicted molar refractivity (Wildman–Crippen MR) is 61.3 cm³/mol. The third-order valence-corrected chi connectivity index (χ3v) is 3.56. The van der Waals surface area contributed by atoms with E-state index in [1.807, 2.05) is 6.08 Å². The SMILES string of the molecule is CC1C=CC=C(F)C1CN1CCCCC1. The van der Waals surface area contributed by atoms with Gasteiger partial charge in [-0.15, -0.1) is 0 Å². The summed E-state index contributed by atoms with van der Waals surface area (Å²) in [5.74, 6) is 0.501. The van der Waals surface area contributed by atoms with Crippen molar-refractivity contribution in [3.8, 4) is 0 Å². The zero-order valence-corrected chi connectivity index (χ0v) is 9.45. The van der Waals surface area contributed by atoms with Gasteiger partial charge in [0.2, 0.25) is 0 Å². The van der Waals surface area contributed by atoms with E-state index < -0.39 is 0 Å². The Labute approximate surface area is 91.7 Å². The minimum absolute atomic E-state index is 0.0653. The number of nitrogens with zero attached hydrogens (tertiary/aromatic N) is 1. The fourth-order valence-electron chi connectivity index (χ4n) is 2.51. The fourth-order valence-corrected chi connectivity index (χ4v) is 2.51. The molecule has 0 aromatic heterocycles. The fraction of sp³-hybridized carbons (Fsp3) is 0.692. The molecule has 1 aliphatic heterocycles. The number of allylic oxidation sites excluding steroid dienone is 3. The van der Waals surface area contributed by atoms with E-state index in [1.165, 1.54) is 19.3 Å². The molecule has 1 fully saturated rings. The summed E-state index contributed by atoms with van der Waals surface area (Å²) in [7, 11) is 0. The molecule has 0 N–H and O–H groups in total. The van der Waals surface area contributed by atoms with Crippen LogP contribution >= 0.6 is 0 Å². The lowest BCUT2D eigenvalue weighted by Crippen LogP contribution is -2.36. The third kappa shape index (κ3) is 2.69. The van der Waals surface area contributed by atoms with E-state index in [1.54, 1.807) is 6.08 Å². The molecule has 2 rings (SSSR count). The zero-order valence-electron chi connectivity index (χ0n) is 9.45. The van der Waals surface area contributed by atoms with Crippen LogP contribution in [0.25, 0.3) is 0 Å². The largest absolute Gasteiger partial charge is 0.303 e. The molecule has 0 radical (unpaired) electrons. The van der Waals surface area contributed by atoms with Crippen LogP contribution in [0.3, 0.4) is 0 Å². The second-order valence-corrected chi connectivity index (χ2v) is 4.76. The van der Waals surface area contributed by atoms with E-state index in [9.17, 15) is 4.39 Å². The molecule has 0 amide bonds. The molecule has 0 bridgehead atoms. The number of hydrogen-bond donors (Lipinski definition) is 0. The Kier molecular flexibility index (Phi) is 3.57. The van der Waals surface area contributed by atoms with Crippen molar-refractivity contribution in [3.05, 3.63) is 24.1 Å². The van der Waals surface area contributed by atoms with Gasteiger partial charge in [0.25, 0.3) is 0 Å². The Morgan fingerprint density at radius 2 is 2.07 bits per heavy atom. The van der Waals surface area contributed by atoms with Gasteiger partial charge in [-0.25, -0.2) is 4.39 Å². The maximum absolute atomic E-state index is 13.6. The average molecular weight is 209 g/mol. The van der Waals surface area contributed by atoms with E-state index in [0.717, 1.165) is 19.6 Å². The molecular formula is C13H20FN. The van der Waals surface area contributed by atoms with E-state index >= 15 is 0 Å². The highest BCUT2D eigenvalue weighted by Crippen LogP contribution is 2.28. The number of halogens is 1. The van der Waals surface area contributed by atoms with E-state index in [2.05, 4.69) is 17.9 Å². The smallest absolute Gasteiger partial charge is 0.105 e. The molecule has 0 aromatic rings. The molecule has 1 aliphatic carbocycles. The van der Waals surface area contributed by atoms with Gasteiger partial charge in [-0.2, -0.15) is 0 Å². The van der Waals surface area contributed by atoms with Crippen molar-refractivity contribution in [3.63, 3.8) is 0 Å². The van der Waals surface area contributed by atoms with Gasteiger partial charge < -0.3 is 4.90 Å². The van der Waals surface area contributed by atoms with Crippen LogP contribution in [0.2, 0.25) is 0 Å². The lowest BCUT2D eigenvalue weighted by Gasteiger charge is -2.32. The minimum atomic E-state index is 0.0653. The standard InChI is InChI=1S/C13H20FN/c1-11-6-5-7-13(14)12(11)10-15-8-3-2-4-9-15/h5-7,11-12H,2-4,8-10H2,1H3. The summed E-state index contributed by atoms with van der Waals surface area (Å²) >= 11 is 0. The molecular weight excluding hydrogens is 189 g/mol. The minimum Gasteiger partial charge on any atom is -0.303 e. The van der Waals surface area contributed by atoms with Crippen molar-refractivity contribution in [2.45, 2.75) is 26.2 Å². The van der Waals surface area contributed by atoms with E-state index in [0.29, 0.717) is 5.92 Å². The van der Waals surface area contributed by atoms with E-state index in [-0.39, 0.29) is 11.7 Å². The van der Waals surface area contributed by atoms with Crippen molar-refractivity contribution >= 4 is 0 Å². The Bertz CT molecular complexity index is 264. The lowest BCUT2D eigenvalue weighted by atomic mass is 9.88. The summed E-state index contributed by atoms with van der Waals surface area (Å²) in [5.41, 5.74) is 0. The van der Waals surface area contributed by atoms with E-state index in [4.69, 9.17) is 0 Å². The molecule has 1 nitrogen and oxygen atoms in total. The maximum atomic E-state index is 13.6. The molecule has 84 valence electrons. The molecule has 2 heteroatoms. The van der Waals surface area contributed by atoms with Crippen molar-refractivity contribution in [2.75, 3.05) is 19.6 Å². The van der Waals surface area contributed by atoms with Gasteiger partial charge in [0.1, 0.15) is 5.83 Å². The summed E-state index contributed by atoms with van der Waals surface area (Å²) < 4.78 is 13.6. The quantitative estimate of drug-likeness (QED) is 0.675. The topological polar surface area (TPSA) is 3.24 Å². The first kappa shape index (κ1) is 10.9. The molecule has 2 unspecified atom stereocenters. The molecule has 2 atom stereocenters. The van der Waals surface area contributed by atoms with Crippen molar-refractivity contribution in [1.82, 2.24) is 4.90 Å². The summed E-state index contributed by atoms with van der Waals surface area (Å²) in [6, 6.07) is 0. The Morgan fingerprint density at radius 1 is 1.33 bits per heavy atom. The van der Waals surface area contributed by atoms with Crippen molar-refractivity contribution in [1.29, 1.82) is 0 Å². The van der Waals surface area contributed by atoms with Crippen LogP contribution in [0, 0.1) is 11.8 Å². The predicted octanol–water partition coefficient (Wildman–Crippen LogP) is 3.15. The van der Waals surface area contributed by atoms with Gasteiger partial charge in [-0.3, -0.25) is 0 Å². The monoisotopic (exact) mass is 209 g/mol. The van der Waals surface area contributed by atoms with Crippen LogP contribution in [-0.4, -0.2) is 24.5 Å². The molecule has 15 heavy (non-hydrogen) atoms. The number of piperidine rings is 1. The molecule has 0 aromatic carbocycles. The van der Waals surface area contributed by atoms with Crippen LogP contribution in [0.4, 0.5) is 4.39 Å².